The number of aromatic nitrogens is 4. The number of hydrogen-bond donors (Lipinski definition) is 1. The van der Waals surface area contributed by atoms with Crippen molar-refractivity contribution >= 4 is 23.4 Å². The number of carbonyl (C=O) groups excluding carboxylic acids is 1. The fourth-order valence-corrected chi connectivity index (χ4v) is 0.947. The monoisotopic (exact) mass is 163 g/mol. The molecule has 0 aromatic carbocycles. The fourth-order valence-electron chi connectivity index (χ4n) is 0.947. The lowest BCUT2D eigenvalue weighted by Crippen LogP contribution is -1.96. The number of nitrogen functional groups attached to an aromatic ring is 1. The first kappa shape index (κ1) is 6.71. The molecule has 0 radical (unpaired) electrons. The van der Waals surface area contributed by atoms with E-state index in [1.165, 1.54) is 17.2 Å². The molecule has 2 rings (SSSR count). The van der Waals surface area contributed by atoms with Gasteiger partial charge >= 0.3 is 0 Å². The average Bonchev–Trinajstić information content (AvgIpc) is 2.49. The van der Waals surface area contributed by atoms with Gasteiger partial charge in [-0.05, 0) is 0 Å². The van der Waals surface area contributed by atoms with Crippen LogP contribution in [-0.4, -0.2) is 25.9 Å². The Kier molecular flexibility index (Phi) is 1.26. The molecule has 0 fully saturated rings. The summed E-state index contributed by atoms with van der Waals surface area (Å²) in [5.41, 5.74) is 6.36. The lowest BCUT2D eigenvalue weighted by molar-refractivity contribution is 0.548. The third kappa shape index (κ3) is 0.746. The first-order chi connectivity index (χ1) is 5.83. The summed E-state index contributed by atoms with van der Waals surface area (Å²) in [4.78, 5) is 21.9. The second-order valence-corrected chi connectivity index (χ2v) is 2.19. The standard InChI is InChI=1S/C6H5N5O/c7-5-4-6(9-1-8-5)11(3-12)2-10-4/h1-3H,(H2,7,8,9). The molecule has 0 bridgehead atoms. The van der Waals surface area contributed by atoms with E-state index in [9.17, 15) is 4.79 Å². The maximum atomic E-state index is 10.4. The highest BCUT2D eigenvalue weighted by Crippen LogP contribution is 2.11. The Morgan fingerprint density at radius 2 is 2.25 bits per heavy atom. The molecule has 2 N–H and O–H groups in total. The second kappa shape index (κ2) is 2.26. The van der Waals surface area contributed by atoms with Crippen molar-refractivity contribution < 1.29 is 4.79 Å². The molecule has 0 aliphatic carbocycles. The minimum Gasteiger partial charge on any atom is -0.382 e. The van der Waals surface area contributed by atoms with Crippen LogP contribution >= 0.6 is 0 Å². The van der Waals surface area contributed by atoms with E-state index in [0.29, 0.717) is 17.6 Å². The highest BCUT2D eigenvalue weighted by atomic mass is 16.1. The highest BCUT2D eigenvalue weighted by molar-refractivity contribution is 5.85. The van der Waals surface area contributed by atoms with Crippen molar-refractivity contribution in [3.63, 3.8) is 0 Å². The maximum Gasteiger partial charge on any atom is 0.220 e. The minimum absolute atomic E-state index is 0.278. The van der Waals surface area contributed by atoms with Gasteiger partial charge in [0.15, 0.2) is 17.0 Å². The molecule has 2 aromatic rings. The van der Waals surface area contributed by atoms with E-state index in [-0.39, 0.29) is 5.82 Å². The fraction of sp³-hybridized carbons (Fsp3) is 0. The van der Waals surface area contributed by atoms with Gasteiger partial charge in [-0.15, -0.1) is 0 Å². The van der Waals surface area contributed by atoms with Crippen molar-refractivity contribution in [1.82, 2.24) is 19.5 Å². The number of fused-ring (bicyclic) bond motifs is 1. The summed E-state index contributed by atoms with van der Waals surface area (Å²) in [7, 11) is 0. The van der Waals surface area contributed by atoms with Gasteiger partial charge in [0.25, 0.3) is 0 Å². The molecule has 60 valence electrons. The summed E-state index contributed by atoms with van der Waals surface area (Å²) in [5.74, 6) is 0.278. The molecule has 2 heterocycles. The van der Waals surface area contributed by atoms with Crippen LogP contribution in [0.4, 0.5) is 5.82 Å². The number of carbonyl (C=O) groups is 1. The van der Waals surface area contributed by atoms with Gasteiger partial charge in [0.1, 0.15) is 12.7 Å². The molecule has 0 aliphatic heterocycles. The van der Waals surface area contributed by atoms with Gasteiger partial charge in [0.2, 0.25) is 6.41 Å². The molecule has 0 aliphatic rings. The minimum atomic E-state index is 0.278. The van der Waals surface area contributed by atoms with Crippen LogP contribution in [0.5, 0.6) is 0 Å². The van der Waals surface area contributed by atoms with Crippen molar-refractivity contribution in [1.29, 1.82) is 0 Å². The second-order valence-electron chi connectivity index (χ2n) is 2.19. The Labute approximate surface area is 67.1 Å². The topological polar surface area (TPSA) is 86.7 Å². The van der Waals surface area contributed by atoms with E-state index in [1.807, 2.05) is 0 Å². The summed E-state index contributed by atoms with van der Waals surface area (Å²) < 4.78 is 1.24. The van der Waals surface area contributed by atoms with E-state index < -0.39 is 0 Å². The smallest absolute Gasteiger partial charge is 0.220 e. The highest BCUT2D eigenvalue weighted by Gasteiger charge is 2.05. The van der Waals surface area contributed by atoms with Gasteiger partial charge < -0.3 is 5.73 Å². The summed E-state index contributed by atoms with van der Waals surface area (Å²) in [6.45, 7) is 0. The van der Waals surface area contributed by atoms with Crippen LogP contribution in [0.25, 0.3) is 11.2 Å². The zero-order valence-electron chi connectivity index (χ0n) is 6.01. The third-order valence-corrected chi connectivity index (χ3v) is 1.50. The molecule has 0 amide bonds. The quantitative estimate of drug-likeness (QED) is 0.570. The Hall–Kier alpha value is -1.98. The predicted octanol–water partition coefficient (Wildman–Crippen LogP) is -0.553. The first-order valence-corrected chi connectivity index (χ1v) is 3.21. The van der Waals surface area contributed by atoms with Gasteiger partial charge in [-0.3, -0.25) is 9.36 Å². The van der Waals surface area contributed by atoms with Crippen LogP contribution in [0.1, 0.15) is 0 Å². The first-order valence-electron chi connectivity index (χ1n) is 3.21. The van der Waals surface area contributed by atoms with Gasteiger partial charge in [-0.2, -0.15) is 0 Å². The third-order valence-electron chi connectivity index (χ3n) is 1.50. The van der Waals surface area contributed by atoms with Gasteiger partial charge in [0, 0.05) is 0 Å². The molecule has 2 aromatic heterocycles. The Morgan fingerprint density at radius 3 is 3.00 bits per heavy atom. The van der Waals surface area contributed by atoms with E-state index in [2.05, 4.69) is 15.0 Å². The lowest BCUT2D eigenvalue weighted by Gasteiger charge is -1.92. The number of imidazole rings is 1. The molecule has 0 saturated carbocycles. The molecule has 0 atom stereocenters. The Bertz CT molecular complexity index is 434. The van der Waals surface area contributed by atoms with Crippen molar-refractivity contribution in [3.05, 3.63) is 12.7 Å². The van der Waals surface area contributed by atoms with Crippen molar-refractivity contribution in [2.45, 2.75) is 0 Å². The molecule has 6 heteroatoms. The van der Waals surface area contributed by atoms with Crippen molar-refractivity contribution in [2.24, 2.45) is 0 Å². The van der Waals surface area contributed by atoms with Crippen molar-refractivity contribution in [2.75, 3.05) is 5.73 Å². The SMILES string of the molecule is Nc1ncnc2c1ncn2C=O. The molecular formula is C6H5N5O. The summed E-state index contributed by atoms with van der Waals surface area (Å²) in [5, 5.41) is 0. The van der Waals surface area contributed by atoms with E-state index >= 15 is 0 Å². The van der Waals surface area contributed by atoms with Gasteiger partial charge in [-0.1, -0.05) is 0 Å². The largest absolute Gasteiger partial charge is 0.382 e. The van der Waals surface area contributed by atoms with E-state index in [1.54, 1.807) is 0 Å². The van der Waals surface area contributed by atoms with Crippen molar-refractivity contribution in [3.8, 4) is 0 Å². The zero-order chi connectivity index (χ0) is 8.55. The average molecular weight is 163 g/mol. The summed E-state index contributed by atoms with van der Waals surface area (Å²) in [6.07, 6.45) is 3.25. The van der Waals surface area contributed by atoms with Crippen LogP contribution in [0.15, 0.2) is 12.7 Å². The molecule has 0 spiro atoms. The number of hydrogen-bond acceptors (Lipinski definition) is 5. The molecule has 0 unspecified atom stereocenters. The van der Waals surface area contributed by atoms with Gasteiger partial charge in [-0.25, -0.2) is 15.0 Å². The number of anilines is 1. The molecule has 0 saturated heterocycles. The maximum absolute atomic E-state index is 10.4. The Balaban J connectivity index is 2.88. The summed E-state index contributed by atoms with van der Waals surface area (Å²) in [6, 6.07) is 0. The Morgan fingerprint density at radius 1 is 1.42 bits per heavy atom. The van der Waals surface area contributed by atoms with Crippen LogP contribution in [0.3, 0.4) is 0 Å². The molecule has 6 nitrogen and oxygen atoms in total. The van der Waals surface area contributed by atoms with Crippen LogP contribution in [0.2, 0.25) is 0 Å². The zero-order valence-corrected chi connectivity index (χ0v) is 6.01. The molecular weight excluding hydrogens is 158 g/mol. The number of nitrogens with two attached hydrogens (primary N) is 1. The van der Waals surface area contributed by atoms with Crippen LogP contribution in [0, 0.1) is 0 Å². The van der Waals surface area contributed by atoms with Crippen LogP contribution < -0.4 is 5.73 Å². The lowest BCUT2D eigenvalue weighted by atomic mass is 10.5. The van der Waals surface area contributed by atoms with Gasteiger partial charge in [0.05, 0.1) is 0 Å². The number of rotatable bonds is 1. The van der Waals surface area contributed by atoms with E-state index in [0.717, 1.165) is 0 Å². The number of nitrogens with zero attached hydrogens (tertiary/aromatic N) is 4. The predicted molar refractivity (Wildman–Crippen MR) is 41.9 cm³/mol. The van der Waals surface area contributed by atoms with E-state index in [4.69, 9.17) is 5.73 Å². The summed E-state index contributed by atoms with van der Waals surface area (Å²) >= 11 is 0. The normalized spacial score (nSPS) is 10.3. The molecule has 12 heavy (non-hydrogen) atoms. The van der Waals surface area contributed by atoms with Crippen LogP contribution in [-0.2, 0) is 4.79 Å².